The summed E-state index contributed by atoms with van der Waals surface area (Å²) in [6.07, 6.45) is 1.16. The van der Waals surface area contributed by atoms with Gasteiger partial charge >= 0.3 is 6.03 Å². The Hall–Kier alpha value is -2.77. The number of aryl methyl sites for hydroxylation is 1. The van der Waals surface area contributed by atoms with E-state index in [1.165, 1.54) is 0 Å². The highest BCUT2D eigenvalue weighted by atomic mass is 16.5. The third-order valence-electron chi connectivity index (χ3n) is 5.00. The predicted molar refractivity (Wildman–Crippen MR) is 99.4 cm³/mol. The number of para-hydroxylation sites is 1. The Bertz CT molecular complexity index is 699. The maximum Gasteiger partial charge on any atom is 0.317 e. The van der Waals surface area contributed by atoms with Gasteiger partial charge in [0.05, 0.1) is 19.2 Å². The summed E-state index contributed by atoms with van der Waals surface area (Å²) in [4.78, 5) is 39.2. The number of fused-ring (bicyclic) bond motifs is 1. The zero-order valence-corrected chi connectivity index (χ0v) is 15.7. The van der Waals surface area contributed by atoms with Crippen LogP contribution in [0.4, 0.5) is 4.79 Å². The maximum absolute atomic E-state index is 12.4. The standard InChI is InChI=1S/C19H26N4O4/c1-13-6-3-4-7-16(13)27-9-5-8-22(2)19(26)21-14-10-15-18(25)20-11-17(24)23(15)12-14/h3-4,6-7,14-15H,5,8-12H2,1-2H3,(H,20,25)(H,21,26)/t14-,15-/m0/s1. The smallest absolute Gasteiger partial charge is 0.317 e. The summed E-state index contributed by atoms with van der Waals surface area (Å²) >= 11 is 0. The lowest BCUT2D eigenvalue weighted by Gasteiger charge is -2.28. The monoisotopic (exact) mass is 374 g/mol. The molecule has 2 heterocycles. The van der Waals surface area contributed by atoms with Gasteiger partial charge in [-0.2, -0.15) is 0 Å². The van der Waals surface area contributed by atoms with E-state index < -0.39 is 6.04 Å². The summed E-state index contributed by atoms with van der Waals surface area (Å²) in [6.45, 7) is 3.49. The van der Waals surface area contributed by atoms with Crippen molar-refractivity contribution in [1.82, 2.24) is 20.4 Å². The van der Waals surface area contributed by atoms with Crippen molar-refractivity contribution in [3.8, 4) is 5.75 Å². The predicted octanol–water partition coefficient (Wildman–Crippen LogP) is 0.505. The lowest BCUT2D eigenvalue weighted by atomic mass is 10.1. The molecule has 0 saturated carbocycles. The Morgan fingerprint density at radius 1 is 1.37 bits per heavy atom. The minimum absolute atomic E-state index is 0.0385. The zero-order valence-electron chi connectivity index (χ0n) is 15.7. The highest BCUT2D eigenvalue weighted by Crippen LogP contribution is 2.21. The van der Waals surface area contributed by atoms with Crippen LogP contribution in [-0.2, 0) is 9.59 Å². The number of ether oxygens (including phenoxy) is 1. The highest BCUT2D eigenvalue weighted by Gasteiger charge is 2.42. The summed E-state index contributed by atoms with van der Waals surface area (Å²) in [6, 6.07) is 6.94. The van der Waals surface area contributed by atoms with Crippen LogP contribution in [0.5, 0.6) is 5.75 Å². The van der Waals surface area contributed by atoms with Gasteiger partial charge in [-0.15, -0.1) is 0 Å². The summed E-state index contributed by atoms with van der Waals surface area (Å²) in [5.74, 6) is 0.612. The van der Waals surface area contributed by atoms with Crippen molar-refractivity contribution in [2.45, 2.75) is 31.8 Å². The normalized spacial score (nSPS) is 21.5. The average molecular weight is 374 g/mol. The second-order valence-corrected chi connectivity index (χ2v) is 7.05. The van der Waals surface area contributed by atoms with Crippen LogP contribution in [0.3, 0.4) is 0 Å². The van der Waals surface area contributed by atoms with Crippen LogP contribution in [0.2, 0.25) is 0 Å². The molecule has 0 radical (unpaired) electrons. The number of rotatable bonds is 6. The molecule has 0 bridgehead atoms. The molecule has 8 heteroatoms. The van der Waals surface area contributed by atoms with E-state index in [1.54, 1.807) is 16.8 Å². The molecule has 0 unspecified atom stereocenters. The first kappa shape index (κ1) is 19.0. The summed E-state index contributed by atoms with van der Waals surface area (Å²) in [5.41, 5.74) is 1.08. The molecule has 1 aromatic rings. The highest BCUT2D eigenvalue weighted by molar-refractivity contribution is 5.95. The topological polar surface area (TPSA) is 91.0 Å². The van der Waals surface area contributed by atoms with Crippen molar-refractivity contribution in [3.63, 3.8) is 0 Å². The second-order valence-electron chi connectivity index (χ2n) is 7.05. The van der Waals surface area contributed by atoms with Crippen LogP contribution < -0.4 is 15.4 Å². The number of benzene rings is 1. The lowest BCUT2D eigenvalue weighted by Crippen LogP contribution is -2.55. The third-order valence-corrected chi connectivity index (χ3v) is 5.00. The van der Waals surface area contributed by atoms with E-state index in [1.807, 2.05) is 31.2 Å². The van der Waals surface area contributed by atoms with Gasteiger partial charge in [0, 0.05) is 20.1 Å². The molecule has 2 aliphatic rings. The maximum atomic E-state index is 12.4. The van der Waals surface area contributed by atoms with Gasteiger partial charge < -0.3 is 25.2 Å². The quantitative estimate of drug-likeness (QED) is 0.710. The minimum atomic E-state index is -0.468. The van der Waals surface area contributed by atoms with E-state index in [9.17, 15) is 14.4 Å². The molecule has 2 fully saturated rings. The molecule has 8 nitrogen and oxygen atoms in total. The number of amides is 4. The first-order valence-electron chi connectivity index (χ1n) is 9.23. The van der Waals surface area contributed by atoms with Gasteiger partial charge in [0.1, 0.15) is 11.8 Å². The number of urea groups is 1. The van der Waals surface area contributed by atoms with Crippen molar-refractivity contribution in [2.75, 3.05) is 33.3 Å². The van der Waals surface area contributed by atoms with E-state index in [2.05, 4.69) is 10.6 Å². The van der Waals surface area contributed by atoms with Crippen LogP contribution in [0, 0.1) is 6.92 Å². The minimum Gasteiger partial charge on any atom is -0.493 e. The number of carbonyl (C=O) groups is 3. The number of hydrogen-bond donors (Lipinski definition) is 2. The van der Waals surface area contributed by atoms with Crippen LogP contribution in [0.25, 0.3) is 0 Å². The van der Waals surface area contributed by atoms with Crippen molar-refractivity contribution < 1.29 is 19.1 Å². The molecule has 0 aromatic heterocycles. The lowest BCUT2D eigenvalue weighted by molar-refractivity contribution is -0.143. The first-order chi connectivity index (χ1) is 13.0. The van der Waals surface area contributed by atoms with Gasteiger partial charge in [0.15, 0.2) is 0 Å². The van der Waals surface area contributed by atoms with Crippen molar-refractivity contribution in [3.05, 3.63) is 29.8 Å². The zero-order chi connectivity index (χ0) is 19.4. The number of hydrogen-bond acceptors (Lipinski definition) is 4. The Morgan fingerprint density at radius 3 is 2.89 bits per heavy atom. The van der Waals surface area contributed by atoms with Gasteiger partial charge in [-0.3, -0.25) is 9.59 Å². The van der Waals surface area contributed by atoms with Crippen LogP contribution >= 0.6 is 0 Å². The fraction of sp³-hybridized carbons (Fsp3) is 0.526. The Kier molecular flexibility index (Phi) is 5.83. The Morgan fingerprint density at radius 2 is 2.15 bits per heavy atom. The van der Waals surface area contributed by atoms with Gasteiger partial charge in [-0.1, -0.05) is 18.2 Å². The van der Waals surface area contributed by atoms with E-state index >= 15 is 0 Å². The largest absolute Gasteiger partial charge is 0.493 e. The average Bonchev–Trinajstić information content (AvgIpc) is 3.08. The van der Waals surface area contributed by atoms with Gasteiger partial charge in [-0.05, 0) is 31.4 Å². The van der Waals surface area contributed by atoms with E-state index in [0.29, 0.717) is 32.5 Å². The Labute approximate surface area is 158 Å². The van der Waals surface area contributed by atoms with Crippen molar-refractivity contribution in [2.24, 2.45) is 0 Å². The molecule has 4 amide bonds. The molecule has 27 heavy (non-hydrogen) atoms. The number of piperazine rings is 1. The van der Waals surface area contributed by atoms with Crippen LogP contribution in [0.15, 0.2) is 24.3 Å². The Balaban J connectivity index is 1.40. The molecule has 3 rings (SSSR count). The first-order valence-corrected chi connectivity index (χ1v) is 9.23. The molecule has 2 atom stereocenters. The molecule has 0 aliphatic carbocycles. The van der Waals surface area contributed by atoms with Gasteiger partial charge in [0.25, 0.3) is 0 Å². The molecule has 146 valence electrons. The third kappa shape index (κ3) is 4.50. The number of nitrogens with one attached hydrogen (secondary N) is 2. The van der Waals surface area contributed by atoms with Crippen LogP contribution in [-0.4, -0.2) is 73.0 Å². The molecule has 0 spiro atoms. The van der Waals surface area contributed by atoms with Crippen LogP contribution in [0.1, 0.15) is 18.4 Å². The fourth-order valence-electron chi connectivity index (χ4n) is 3.44. The number of nitrogens with zero attached hydrogens (tertiary/aromatic N) is 2. The van der Waals surface area contributed by atoms with E-state index in [0.717, 1.165) is 11.3 Å². The van der Waals surface area contributed by atoms with E-state index in [-0.39, 0.29) is 30.4 Å². The molecule has 2 N–H and O–H groups in total. The molecular weight excluding hydrogens is 348 g/mol. The van der Waals surface area contributed by atoms with E-state index in [4.69, 9.17) is 4.74 Å². The summed E-state index contributed by atoms with van der Waals surface area (Å²) < 4.78 is 5.74. The van der Waals surface area contributed by atoms with Crippen molar-refractivity contribution >= 4 is 17.8 Å². The van der Waals surface area contributed by atoms with Gasteiger partial charge in [0.2, 0.25) is 11.8 Å². The molecular formula is C19H26N4O4. The summed E-state index contributed by atoms with van der Waals surface area (Å²) in [5, 5.41) is 5.50. The molecule has 1 aromatic carbocycles. The summed E-state index contributed by atoms with van der Waals surface area (Å²) in [7, 11) is 1.73. The molecule has 2 aliphatic heterocycles. The van der Waals surface area contributed by atoms with Gasteiger partial charge in [-0.25, -0.2) is 4.79 Å². The van der Waals surface area contributed by atoms with Crippen molar-refractivity contribution in [1.29, 1.82) is 0 Å². The fourth-order valence-corrected chi connectivity index (χ4v) is 3.44. The second kappa shape index (κ2) is 8.28. The SMILES string of the molecule is Cc1ccccc1OCCCN(C)C(=O)N[C@H]1C[C@H]2C(=O)NCC(=O)N2C1. The number of carbonyl (C=O) groups excluding carboxylic acids is 3. The molecule has 2 saturated heterocycles.